The molecule has 1 aliphatic heterocycles. The van der Waals surface area contributed by atoms with Crippen LogP contribution in [0.5, 0.6) is 5.75 Å². The molecule has 0 N–H and O–H groups in total. The third-order valence-corrected chi connectivity index (χ3v) is 1.64. The van der Waals surface area contributed by atoms with Gasteiger partial charge in [-0.3, -0.25) is 4.99 Å². The summed E-state index contributed by atoms with van der Waals surface area (Å²) in [6, 6.07) is 7.89. The van der Waals surface area contributed by atoms with Crippen LogP contribution < -0.4 is 4.74 Å². The number of ether oxygens (including phenoxy) is 1. The van der Waals surface area contributed by atoms with E-state index in [0.29, 0.717) is 0 Å². The number of fused-ring (bicyclic) bond motifs is 1. The van der Waals surface area contributed by atoms with E-state index in [1.165, 1.54) is 0 Å². The van der Waals surface area contributed by atoms with Crippen molar-refractivity contribution in [3.63, 3.8) is 0 Å². The van der Waals surface area contributed by atoms with Gasteiger partial charge in [-0.25, -0.2) is 0 Å². The lowest BCUT2D eigenvalue weighted by Gasteiger charge is -2.16. The molecule has 1 heterocycles. The summed E-state index contributed by atoms with van der Waals surface area (Å²) in [5, 5.41) is 0. The van der Waals surface area contributed by atoms with Crippen LogP contribution in [0.3, 0.4) is 0 Å². The first-order chi connectivity index (χ1) is 5.36. The van der Waals surface area contributed by atoms with Crippen molar-refractivity contribution in [2.75, 3.05) is 0 Å². The predicted molar refractivity (Wildman–Crippen MR) is 44.1 cm³/mol. The number of hydrogen-bond acceptors (Lipinski definition) is 2. The van der Waals surface area contributed by atoms with E-state index < -0.39 is 0 Å². The van der Waals surface area contributed by atoms with Crippen LogP contribution in [0, 0.1) is 0 Å². The standard InChI is InChI=1S/C9H9NO/c1-7-10-6-8-4-2-3-5-9(8)11-7/h2-7H,1H3. The minimum absolute atomic E-state index is 0.0371. The van der Waals surface area contributed by atoms with Crippen molar-refractivity contribution in [2.24, 2.45) is 4.99 Å². The first-order valence-corrected chi connectivity index (χ1v) is 3.65. The summed E-state index contributed by atoms with van der Waals surface area (Å²) in [5.41, 5.74) is 1.06. The van der Waals surface area contributed by atoms with Gasteiger partial charge in [0.25, 0.3) is 0 Å². The van der Waals surface area contributed by atoms with Gasteiger partial charge < -0.3 is 4.74 Å². The van der Waals surface area contributed by atoms with Gasteiger partial charge in [0.15, 0.2) is 6.23 Å². The SMILES string of the molecule is CC1N=Cc2ccccc2O1. The molecule has 1 aliphatic rings. The number of para-hydroxylation sites is 1. The van der Waals surface area contributed by atoms with E-state index in [1.807, 2.05) is 37.4 Å². The minimum atomic E-state index is -0.0371. The molecule has 0 amide bonds. The largest absolute Gasteiger partial charge is 0.468 e. The zero-order valence-corrected chi connectivity index (χ0v) is 6.32. The Bertz CT molecular complexity index is 293. The van der Waals surface area contributed by atoms with Crippen molar-refractivity contribution in [1.29, 1.82) is 0 Å². The van der Waals surface area contributed by atoms with Gasteiger partial charge in [-0.15, -0.1) is 0 Å². The highest BCUT2D eigenvalue weighted by Crippen LogP contribution is 2.20. The molecule has 0 fully saturated rings. The quantitative estimate of drug-likeness (QED) is 0.548. The third-order valence-electron chi connectivity index (χ3n) is 1.64. The Morgan fingerprint density at radius 1 is 1.36 bits per heavy atom. The van der Waals surface area contributed by atoms with Crippen LogP contribution >= 0.6 is 0 Å². The van der Waals surface area contributed by atoms with Gasteiger partial charge in [-0.2, -0.15) is 0 Å². The number of rotatable bonds is 0. The monoisotopic (exact) mass is 147 g/mol. The van der Waals surface area contributed by atoms with E-state index in [0.717, 1.165) is 11.3 Å². The van der Waals surface area contributed by atoms with Crippen molar-refractivity contribution in [2.45, 2.75) is 13.2 Å². The van der Waals surface area contributed by atoms with Crippen molar-refractivity contribution in [1.82, 2.24) is 0 Å². The van der Waals surface area contributed by atoms with Crippen molar-refractivity contribution < 1.29 is 4.74 Å². The maximum atomic E-state index is 5.43. The van der Waals surface area contributed by atoms with E-state index in [-0.39, 0.29) is 6.23 Å². The highest BCUT2D eigenvalue weighted by molar-refractivity contribution is 5.84. The molecular formula is C9H9NO. The second-order valence-electron chi connectivity index (χ2n) is 2.53. The molecule has 2 rings (SSSR count). The summed E-state index contributed by atoms with van der Waals surface area (Å²) in [5.74, 6) is 0.926. The zero-order chi connectivity index (χ0) is 7.68. The van der Waals surface area contributed by atoms with E-state index in [2.05, 4.69) is 4.99 Å². The summed E-state index contributed by atoms with van der Waals surface area (Å²) < 4.78 is 5.43. The molecule has 1 aromatic carbocycles. The first-order valence-electron chi connectivity index (χ1n) is 3.65. The lowest BCUT2D eigenvalue weighted by molar-refractivity contribution is 0.228. The van der Waals surface area contributed by atoms with E-state index in [9.17, 15) is 0 Å². The molecule has 0 aromatic heterocycles. The molecule has 0 saturated heterocycles. The van der Waals surface area contributed by atoms with Crippen LogP contribution in [0.25, 0.3) is 0 Å². The zero-order valence-electron chi connectivity index (χ0n) is 6.32. The highest BCUT2D eigenvalue weighted by Gasteiger charge is 2.08. The van der Waals surface area contributed by atoms with Crippen molar-refractivity contribution in [3.8, 4) is 5.75 Å². The molecule has 1 unspecified atom stereocenters. The van der Waals surface area contributed by atoms with Crippen LogP contribution in [0.2, 0.25) is 0 Å². The number of aliphatic imine (C=N–C) groups is 1. The molecule has 0 radical (unpaired) electrons. The second kappa shape index (κ2) is 2.38. The fraction of sp³-hybridized carbons (Fsp3) is 0.222. The number of hydrogen-bond donors (Lipinski definition) is 0. The van der Waals surface area contributed by atoms with Crippen LogP contribution in [-0.2, 0) is 0 Å². The van der Waals surface area contributed by atoms with Gasteiger partial charge in [-0.05, 0) is 19.1 Å². The molecule has 11 heavy (non-hydrogen) atoms. The average molecular weight is 147 g/mol. The van der Waals surface area contributed by atoms with Crippen molar-refractivity contribution >= 4 is 6.21 Å². The van der Waals surface area contributed by atoms with Crippen molar-refractivity contribution in [3.05, 3.63) is 29.8 Å². The van der Waals surface area contributed by atoms with Gasteiger partial charge in [0, 0.05) is 11.8 Å². The van der Waals surface area contributed by atoms with Gasteiger partial charge in [0.1, 0.15) is 5.75 Å². The summed E-state index contributed by atoms with van der Waals surface area (Å²) in [6.45, 7) is 1.92. The number of benzene rings is 1. The van der Waals surface area contributed by atoms with E-state index in [1.54, 1.807) is 0 Å². The smallest absolute Gasteiger partial charge is 0.186 e. The molecule has 0 aliphatic carbocycles. The Balaban J connectivity index is 2.46. The Hall–Kier alpha value is -1.31. The molecular weight excluding hydrogens is 138 g/mol. The Labute approximate surface area is 65.5 Å². The van der Waals surface area contributed by atoms with E-state index in [4.69, 9.17) is 4.74 Å². The topological polar surface area (TPSA) is 21.6 Å². The lowest BCUT2D eigenvalue weighted by Crippen LogP contribution is -2.14. The van der Waals surface area contributed by atoms with Crippen LogP contribution in [0.15, 0.2) is 29.3 Å². The molecule has 2 nitrogen and oxygen atoms in total. The van der Waals surface area contributed by atoms with Crippen LogP contribution in [0.4, 0.5) is 0 Å². The maximum absolute atomic E-state index is 5.43. The van der Waals surface area contributed by atoms with Gasteiger partial charge in [0.2, 0.25) is 0 Å². The average Bonchev–Trinajstić information content (AvgIpc) is 2.04. The summed E-state index contributed by atoms with van der Waals surface area (Å²) in [4.78, 5) is 4.12. The Morgan fingerprint density at radius 3 is 3.09 bits per heavy atom. The van der Waals surface area contributed by atoms with Gasteiger partial charge >= 0.3 is 0 Å². The maximum Gasteiger partial charge on any atom is 0.186 e. The van der Waals surface area contributed by atoms with E-state index >= 15 is 0 Å². The van der Waals surface area contributed by atoms with Gasteiger partial charge in [-0.1, -0.05) is 12.1 Å². The van der Waals surface area contributed by atoms with Crippen LogP contribution in [0.1, 0.15) is 12.5 Å². The third kappa shape index (κ3) is 1.11. The minimum Gasteiger partial charge on any atom is -0.468 e. The normalized spacial score (nSPS) is 20.6. The number of nitrogens with zero attached hydrogens (tertiary/aromatic N) is 1. The lowest BCUT2D eigenvalue weighted by atomic mass is 10.2. The Morgan fingerprint density at radius 2 is 2.18 bits per heavy atom. The summed E-state index contributed by atoms with van der Waals surface area (Å²) >= 11 is 0. The molecule has 2 heteroatoms. The molecule has 56 valence electrons. The highest BCUT2D eigenvalue weighted by atomic mass is 16.5. The first kappa shape index (κ1) is 6.40. The summed E-state index contributed by atoms with van der Waals surface area (Å²) in [7, 11) is 0. The predicted octanol–water partition coefficient (Wildman–Crippen LogP) is 1.84. The summed E-state index contributed by atoms with van der Waals surface area (Å²) in [6.07, 6.45) is 1.81. The Kier molecular flexibility index (Phi) is 1.39. The molecule has 0 spiro atoms. The van der Waals surface area contributed by atoms with Crippen LogP contribution in [-0.4, -0.2) is 12.4 Å². The molecule has 0 saturated carbocycles. The fourth-order valence-electron chi connectivity index (χ4n) is 1.09. The van der Waals surface area contributed by atoms with Gasteiger partial charge in [0.05, 0.1) is 0 Å². The molecule has 1 aromatic rings. The fourth-order valence-corrected chi connectivity index (χ4v) is 1.09. The second-order valence-corrected chi connectivity index (χ2v) is 2.53. The molecule has 1 atom stereocenters. The molecule has 0 bridgehead atoms.